The Morgan fingerprint density at radius 2 is 1.82 bits per heavy atom. The molecule has 0 spiro atoms. The molecule has 1 N–H and O–H groups in total. The lowest BCUT2D eigenvalue weighted by Gasteiger charge is -2.43. The predicted molar refractivity (Wildman–Crippen MR) is 202 cm³/mol. The van der Waals surface area contributed by atoms with E-state index < -0.39 is 0 Å². The molecular formula is C46H46N3O-. The Kier molecular flexibility index (Phi) is 6.40. The summed E-state index contributed by atoms with van der Waals surface area (Å²) in [6.07, 6.45) is 34.1. The molecule has 4 atom stereocenters. The summed E-state index contributed by atoms with van der Waals surface area (Å²) in [5, 5.41) is 0. The molecule has 1 aromatic heterocycles. The van der Waals surface area contributed by atoms with E-state index in [9.17, 15) is 0 Å². The zero-order chi connectivity index (χ0) is 33.1. The largest absolute Gasteiger partial charge is 0.563 e. The number of rotatable bonds is 3. The summed E-state index contributed by atoms with van der Waals surface area (Å²) in [7, 11) is 0. The number of benzene rings is 1. The Morgan fingerprint density at radius 1 is 0.940 bits per heavy atom. The number of nitrogens with one attached hydrogen (secondary N) is 1. The van der Waals surface area contributed by atoms with Crippen molar-refractivity contribution in [3.05, 3.63) is 158 Å². The number of aryl methyl sites for hydroxylation is 1. The van der Waals surface area contributed by atoms with Gasteiger partial charge in [0.05, 0.1) is 11.9 Å². The van der Waals surface area contributed by atoms with Crippen LogP contribution in [0, 0.1) is 11.8 Å². The van der Waals surface area contributed by atoms with Gasteiger partial charge in [0, 0.05) is 34.6 Å². The highest BCUT2D eigenvalue weighted by Crippen LogP contribution is 2.62. The number of nitrogens with zero attached hydrogens (tertiary/aromatic N) is 2. The van der Waals surface area contributed by atoms with Gasteiger partial charge in [-0.3, -0.25) is 0 Å². The van der Waals surface area contributed by atoms with Gasteiger partial charge in [-0.25, -0.2) is 0 Å². The van der Waals surface area contributed by atoms with Gasteiger partial charge in [0.15, 0.2) is 0 Å². The van der Waals surface area contributed by atoms with Gasteiger partial charge in [-0.1, -0.05) is 98.8 Å². The average Bonchev–Trinajstić information content (AvgIpc) is 3.92. The fourth-order valence-corrected chi connectivity index (χ4v) is 11.3. The zero-order valence-corrected chi connectivity index (χ0v) is 29.4. The lowest BCUT2D eigenvalue weighted by atomic mass is 9.67. The molecule has 4 nitrogen and oxygen atoms in total. The van der Waals surface area contributed by atoms with Crippen LogP contribution in [0.1, 0.15) is 99.0 Å². The Labute approximate surface area is 296 Å². The van der Waals surface area contributed by atoms with Crippen LogP contribution in [0.25, 0.3) is 16.6 Å². The van der Waals surface area contributed by atoms with Gasteiger partial charge in [-0.15, -0.1) is 0 Å². The molecule has 11 rings (SSSR count). The zero-order valence-electron chi connectivity index (χ0n) is 29.4. The lowest BCUT2D eigenvalue weighted by molar-refractivity contribution is 0.323. The van der Waals surface area contributed by atoms with E-state index in [2.05, 4.69) is 103 Å². The van der Waals surface area contributed by atoms with Crippen LogP contribution in [0.15, 0.2) is 123 Å². The van der Waals surface area contributed by atoms with Crippen molar-refractivity contribution in [2.75, 3.05) is 0 Å². The molecule has 1 aromatic carbocycles. The van der Waals surface area contributed by atoms with Gasteiger partial charge < -0.3 is 20.2 Å². The summed E-state index contributed by atoms with van der Waals surface area (Å²) in [5.74, 6) is 4.26. The quantitative estimate of drug-likeness (QED) is 0.358. The van der Waals surface area contributed by atoms with Crippen molar-refractivity contribution < 1.29 is 4.42 Å². The fraction of sp³-hybridized carbons (Fsp3) is 0.391. The molecule has 0 bridgehead atoms. The van der Waals surface area contributed by atoms with Crippen LogP contribution < -0.4 is 5.43 Å². The minimum atomic E-state index is -0.0148. The van der Waals surface area contributed by atoms with Gasteiger partial charge in [-0.2, -0.15) is 0 Å². The maximum atomic E-state index is 6.64. The highest BCUT2D eigenvalue weighted by atomic mass is 16.3. The second kappa shape index (κ2) is 10.9. The van der Waals surface area contributed by atoms with E-state index >= 15 is 0 Å². The van der Waals surface area contributed by atoms with Crippen LogP contribution in [0.5, 0.6) is 0 Å². The molecule has 50 heavy (non-hydrogen) atoms. The Morgan fingerprint density at radius 3 is 2.78 bits per heavy atom. The van der Waals surface area contributed by atoms with E-state index in [0.717, 1.165) is 51.4 Å². The monoisotopic (exact) mass is 656 g/mol. The van der Waals surface area contributed by atoms with E-state index in [-0.39, 0.29) is 17.5 Å². The number of fused-ring (bicyclic) bond motifs is 10. The van der Waals surface area contributed by atoms with Crippen molar-refractivity contribution in [3.8, 4) is 0 Å². The van der Waals surface area contributed by atoms with Crippen molar-refractivity contribution in [1.29, 1.82) is 0 Å². The lowest BCUT2D eigenvalue weighted by Crippen LogP contribution is -2.41. The minimum absolute atomic E-state index is 0.0148. The van der Waals surface area contributed by atoms with E-state index in [1.165, 1.54) is 86.8 Å². The van der Waals surface area contributed by atoms with Gasteiger partial charge in [0.2, 0.25) is 0 Å². The van der Waals surface area contributed by atoms with E-state index in [1.807, 2.05) is 0 Å². The summed E-state index contributed by atoms with van der Waals surface area (Å²) >= 11 is 0. The molecule has 4 heteroatoms. The summed E-state index contributed by atoms with van der Waals surface area (Å²) < 4.78 is 6.64. The number of hydrogen-bond acceptors (Lipinski definition) is 3. The van der Waals surface area contributed by atoms with E-state index in [0.29, 0.717) is 11.8 Å². The molecule has 2 aromatic rings. The molecule has 0 fully saturated rings. The first-order valence-corrected chi connectivity index (χ1v) is 19.4. The summed E-state index contributed by atoms with van der Waals surface area (Å²) in [6.45, 7) is 4.91. The Hall–Kier alpha value is -4.28. The fourth-order valence-electron chi connectivity index (χ4n) is 11.3. The summed E-state index contributed by atoms with van der Waals surface area (Å²) in [6, 6.07) is 9.62. The third-order valence-electron chi connectivity index (χ3n) is 13.4. The minimum Gasteiger partial charge on any atom is -0.563 e. The number of furan rings is 1. The van der Waals surface area contributed by atoms with Crippen LogP contribution in [0.2, 0.25) is 0 Å². The van der Waals surface area contributed by atoms with Gasteiger partial charge in [0.25, 0.3) is 0 Å². The highest BCUT2D eigenvalue weighted by molar-refractivity contribution is 5.91. The second-order valence-electron chi connectivity index (χ2n) is 16.4. The molecule has 0 radical (unpaired) electrons. The van der Waals surface area contributed by atoms with E-state index in [1.54, 1.807) is 16.7 Å². The molecule has 0 amide bonds. The first-order valence-electron chi connectivity index (χ1n) is 19.4. The molecule has 252 valence electrons. The second-order valence-corrected chi connectivity index (χ2v) is 16.4. The maximum Gasteiger partial charge on any atom is 0.137 e. The van der Waals surface area contributed by atoms with Crippen molar-refractivity contribution in [2.24, 2.45) is 11.8 Å². The van der Waals surface area contributed by atoms with Crippen LogP contribution in [-0.2, 0) is 24.7 Å². The number of hydrogen-bond donors (Lipinski definition) is 1. The van der Waals surface area contributed by atoms with Crippen LogP contribution in [-0.4, -0.2) is 17.0 Å². The van der Waals surface area contributed by atoms with Gasteiger partial charge in [0.1, 0.15) is 11.5 Å². The van der Waals surface area contributed by atoms with E-state index in [4.69, 9.17) is 9.84 Å². The Bertz CT molecular complexity index is 2150. The van der Waals surface area contributed by atoms with Crippen LogP contribution >= 0.6 is 0 Å². The first-order chi connectivity index (χ1) is 24.6. The smallest absolute Gasteiger partial charge is 0.137 e. The molecule has 9 aliphatic rings. The average molecular weight is 657 g/mol. The molecule has 2 aliphatic heterocycles. The van der Waals surface area contributed by atoms with Crippen LogP contribution in [0.4, 0.5) is 0 Å². The van der Waals surface area contributed by atoms with Crippen molar-refractivity contribution in [2.45, 2.75) is 102 Å². The normalized spacial score (nSPS) is 29.8. The molecule has 0 saturated heterocycles. The third kappa shape index (κ3) is 4.03. The number of allylic oxidation sites excluding steroid dienone is 12. The van der Waals surface area contributed by atoms with Crippen molar-refractivity contribution in [3.63, 3.8) is 0 Å². The maximum absolute atomic E-state index is 6.64. The Balaban J connectivity index is 0.948. The highest BCUT2D eigenvalue weighted by Gasteiger charge is 2.54. The molecule has 7 aliphatic carbocycles. The SMILES string of the molecule is CC1(C)C2=C(c3ccccc31)C1C3=C(CCC=C3)N(C3=CC(C4C=CC=C(C5=CCCc6c5oc5c6CCCC5)C4)[N-]N3)C1C1=C2C=CCC1. The third-order valence-corrected chi connectivity index (χ3v) is 13.4. The first kappa shape index (κ1) is 29.5. The molecule has 3 heterocycles. The summed E-state index contributed by atoms with van der Waals surface area (Å²) in [5.41, 5.74) is 26.8. The predicted octanol–water partition coefficient (Wildman–Crippen LogP) is 10.4. The van der Waals surface area contributed by atoms with Crippen molar-refractivity contribution >= 4 is 11.1 Å². The molecule has 4 unspecified atom stereocenters. The standard InChI is InChI=1S/C46H46N3O/c1-46(2)36-22-8-5-18-34(36)41-42-35-19-6-9-23-38(35)49(44(42)32-17-4-3-16-31(32)43(41)46)40-26-37(47-48-40)28-14-11-13-27(25-28)29-20-12-21-33-30-15-7-10-24-39(30)50-45(29)33/h3,5-6,8,11,13-14,16,18-20,22,26,28,37,42,44,48H,4,7,9-10,12,15,17,21,23-25H2,1-2H3/q-1. The van der Waals surface area contributed by atoms with Gasteiger partial charge in [-0.05, 0) is 120 Å². The summed E-state index contributed by atoms with van der Waals surface area (Å²) in [4.78, 5) is 2.71. The van der Waals surface area contributed by atoms with Crippen molar-refractivity contribution in [1.82, 2.24) is 10.3 Å². The van der Waals surface area contributed by atoms with Gasteiger partial charge >= 0.3 is 0 Å². The topological polar surface area (TPSA) is 42.5 Å². The van der Waals surface area contributed by atoms with Crippen LogP contribution in [0.3, 0.4) is 0 Å². The molecule has 0 saturated carbocycles. The molecular weight excluding hydrogens is 611 g/mol.